The van der Waals surface area contributed by atoms with Crippen LogP contribution in [0.5, 0.6) is 5.75 Å². The van der Waals surface area contributed by atoms with Crippen LogP contribution in [0, 0.1) is 22.9 Å². The summed E-state index contributed by atoms with van der Waals surface area (Å²) in [5.74, 6) is -1.08. The summed E-state index contributed by atoms with van der Waals surface area (Å²) in [6.45, 7) is 4.44. The van der Waals surface area contributed by atoms with Crippen molar-refractivity contribution >= 4 is 138 Å². The van der Waals surface area contributed by atoms with E-state index in [4.69, 9.17) is 46.9 Å². The van der Waals surface area contributed by atoms with Crippen molar-refractivity contribution in [1.29, 1.82) is 0 Å². The zero-order chi connectivity index (χ0) is 107. The monoisotopic (exact) mass is 2230 g/mol. The second-order valence-corrected chi connectivity index (χ2v) is 46.4. The highest BCUT2D eigenvalue weighted by Crippen LogP contribution is 2.44. The standard InChI is InChI=1S/C21H21F3N2O4S.C20H18F3N3O6S.C20H19F3N2O5S.C19H18Cl2N2O4S.C19H19FN2O4S/c1-14-5-6-19-15(11-14)13-30-20(27)26(19)17-7-9-25(10-8-17)31(28,29)18-4-2-3-16(12-18)21(22,23)24;21-20(22,23)14-5-6-18(17(11-14)26(28)29)33(30,31)24-9-7-15(8-10-24)25-16-4-2-1-3-13(16)12-32-19(25)27;21-20(22,23)30-16-5-7-17(8-6-16)31(27,28)24-11-9-15(10-12-24)25-18-4-2-1-3-14(18)13-29-19(25)26;20-14-5-6-18(16(21)11-14)28(25,26)22-9-7-15(8-10-22)23-17-4-2-1-3-13(17)12-27-19(23)24;20-15-5-3-6-17(12-15)27(24,25)21-10-8-16(9-11-21)22-18-7-2-1-4-14(18)13-26-19(22)23/h2-6,11-12,17H,7-10,13H2,1H3;1-6,11,15H,7-10,12H2;1-8,15H,9-13H2;1-6,11,15H,7-10,12H2;1-7,12,16H,8-11,13H2. The first-order chi connectivity index (χ1) is 71.1. The Kier molecular flexibility index (Phi) is 32.9. The van der Waals surface area contributed by atoms with Crippen LogP contribution < -0.4 is 29.2 Å². The maximum Gasteiger partial charge on any atom is 0.573 e. The van der Waals surface area contributed by atoms with E-state index in [1.54, 1.807) is 31.7 Å². The average molecular weight is 2230 g/mol. The van der Waals surface area contributed by atoms with Gasteiger partial charge in [0.05, 0.1) is 64.2 Å². The molecule has 34 nitrogen and oxygen atoms in total. The summed E-state index contributed by atoms with van der Waals surface area (Å²) in [6.07, 6.45) is -12.7. The van der Waals surface area contributed by atoms with Crippen LogP contribution in [0.4, 0.5) is 102 Å². The fraction of sp³-hybridized carbons (Fsp3) is 0.343. The van der Waals surface area contributed by atoms with Gasteiger partial charge in [-0.1, -0.05) is 126 Å². The molecule has 0 radical (unpaired) electrons. The number of carbonyl (C=O) groups excluding carboxylic acids is 5. The number of ether oxygens (including phenoxy) is 6. The van der Waals surface area contributed by atoms with Gasteiger partial charge in [-0.2, -0.15) is 47.9 Å². The third-order valence-electron chi connectivity index (χ3n) is 26.7. The molecule has 0 unspecified atom stereocenters. The first kappa shape index (κ1) is 110. The van der Waals surface area contributed by atoms with E-state index >= 15 is 0 Å². The van der Waals surface area contributed by atoms with Gasteiger partial charge in [0.1, 0.15) is 49.5 Å². The highest BCUT2D eigenvalue weighted by atomic mass is 35.5. The molecule has 0 atom stereocenters. The summed E-state index contributed by atoms with van der Waals surface area (Å²) in [7, 11) is -19.9. The van der Waals surface area contributed by atoms with E-state index in [9.17, 15) is 120 Å². The molecule has 5 amide bonds. The molecule has 0 spiro atoms. The molecule has 10 heterocycles. The number of rotatable bonds is 17. The number of nitro groups is 1. The molecule has 0 N–H and O–H groups in total. The van der Waals surface area contributed by atoms with Crippen molar-refractivity contribution in [3.63, 3.8) is 0 Å². The van der Waals surface area contributed by atoms with Crippen LogP contribution in [0.3, 0.4) is 0 Å². The van der Waals surface area contributed by atoms with Crippen LogP contribution in [-0.4, -0.2) is 201 Å². The quantitative estimate of drug-likeness (QED) is 0.0353. The van der Waals surface area contributed by atoms with Gasteiger partial charge in [0.25, 0.3) is 5.69 Å². The van der Waals surface area contributed by atoms with Gasteiger partial charge in [0, 0.05) is 135 Å². The SMILES string of the molecule is Cc1ccc2c(c1)COC(=O)N2C1CCN(S(=O)(=O)c2cccc(C(F)(F)F)c2)CC1.O=C1OCc2ccccc2N1C1CCN(S(=O)(=O)c2ccc(C(F)(F)F)cc2[N+](=O)[O-])CC1.O=C1OCc2ccccc2N1C1CCN(S(=O)(=O)c2ccc(Cl)cc2Cl)CC1.O=C1OCc2ccccc2N1C1CCN(S(=O)(=O)c2ccc(OC(F)(F)F)cc2)CC1.O=C1OCc2ccccc2N1C1CCN(S(=O)(=O)c2cccc(F)c2)CC1. The second kappa shape index (κ2) is 45.0. The van der Waals surface area contributed by atoms with Crippen molar-refractivity contribution < 1.29 is 143 Å². The summed E-state index contributed by atoms with van der Waals surface area (Å²) >= 11 is 12.0. The Morgan fingerprint density at radius 2 is 0.647 bits per heavy atom. The molecule has 0 aliphatic carbocycles. The average Bonchev–Trinajstić information content (AvgIpc) is 0.781. The van der Waals surface area contributed by atoms with E-state index in [1.807, 2.05) is 110 Å². The molecule has 51 heteroatoms. The van der Waals surface area contributed by atoms with Crippen LogP contribution in [0.1, 0.15) is 109 Å². The molecule has 10 aliphatic rings. The van der Waals surface area contributed by atoms with Gasteiger partial charge in [-0.15, -0.1) is 13.2 Å². The molecule has 0 aromatic heterocycles. The summed E-state index contributed by atoms with van der Waals surface area (Å²) in [4.78, 5) is 78.7. The Bertz CT molecular complexity index is 7390. The van der Waals surface area contributed by atoms with Gasteiger partial charge in [0.2, 0.25) is 50.1 Å². The normalized spacial score (nSPS) is 18.5. The number of fused-ring (bicyclic) bond motifs is 5. The van der Waals surface area contributed by atoms with E-state index in [1.165, 1.54) is 58.5 Å². The van der Waals surface area contributed by atoms with Crippen LogP contribution in [0.2, 0.25) is 10.0 Å². The Labute approximate surface area is 865 Å². The first-order valence-corrected chi connectivity index (χ1v) is 54.8. The number of nitrogens with zero attached hydrogens (tertiary/aromatic N) is 11. The topological polar surface area (TPSA) is 387 Å². The predicted octanol–water partition coefficient (Wildman–Crippen LogP) is 19.6. The maximum absolute atomic E-state index is 13.4. The van der Waals surface area contributed by atoms with Crippen molar-refractivity contribution in [2.75, 3.05) is 89.9 Å². The lowest BCUT2D eigenvalue weighted by Crippen LogP contribution is -2.50. The van der Waals surface area contributed by atoms with E-state index < -0.39 is 131 Å². The van der Waals surface area contributed by atoms with Crippen LogP contribution in [0.25, 0.3) is 0 Å². The number of hydrogen-bond donors (Lipinski definition) is 0. The van der Waals surface area contributed by atoms with Gasteiger partial charge in [-0.05, 0) is 192 Å². The minimum atomic E-state index is -4.86. The second-order valence-electron chi connectivity index (χ2n) is 36.0. The minimum Gasteiger partial charge on any atom is -0.444 e. The summed E-state index contributed by atoms with van der Waals surface area (Å²) in [5, 5.41) is 11.8. The maximum atomic E-state index is 13.4. The van der Waals surface area contributed by atoms with Gasteiger partial charge in [-0.3, -0.25) is 34.6 Å². The van der Waals surface area contributed by atoms with Gasteiger partial charge < -0.3 is 28.4 Å². The number of benzene rings is 10. The number of nitro benzene ring substituents is 1. The lowest BCUT2D eigenvalue weighted by atomic mass is 10.0. The van der Waals surface area contributed by atoms with Crippen molar-refractivity contribution in [3.05, 3.63) is 295 Å². The lowest BCUT2D eigenvalue weighted by Gasteiger charge is -2.39. The number of anilines is 5. The highest BCUT2D eigenvalue weighted by Gasteiger charge is 2.47. The van der Waals surface area contributed by atoms with Crippen LogP contribution in [-0.2, 0) is 119 Å². The predicted molar refractivity (Wildman–Crippen MR) is 525 cm³/mol. The minimum absolute atomic E-state index is 0.0414. The Balaban J connectivity index is 0.000000134. The first-order valence-electron chi connectivity index (χ1n) is 46.9. The lowest BCUT2D eigenvalue weighted by molar-refractivity contribution is -0.388. The van der Waals surface area contributed by atoms with E-state index in [2.05, 4.69) is 4.74 Å². The number of halogens is 12. The Morgan fingerprint density at radius 1 is 0.333 bits per heavy atom. The fourth-order valence-electron chi connectivity index (χ4n) is 19.2. The number of carbonyl (C=O) groups is 5. The number of sulfonamides is 5. The molecule has 798 valence electrons. The number of amides is 5. The van der Waals surface area contributed by atoms with Gasteiger partial charge in [0.15, 0.2) is 4.90 Å². The molecule has 10 aliphatic heterocycles. The largest absolute Gasteiger partial charge is 0.573 e. The Morgan fingerprint density at radius 3 is 0.993 bits per heavy atom. The third kappa shape index (κ3) is 24.3. The number of para-hydroxylation sites is 4. The van der Waals surface area contributed by atoms with E-state index in [0.717, 1.165) is 109 Å². The summed E-state index contributed by atoms with van der Waals surface area (Å²) in [6, 6.07) is 52.9. The Hall–Kier alpha value is -12.8. The molecule has 0 saturated carbocycles. The number of cyclic esters (lactones) is 5. The number of aryl methyl sites for hydroxylation is 1. The van der Waals surface area contributed by atoms with Crippen molar-refractivity contribution in [2.45, 2.75) is 178 Å². The molecule has 20 rings (SSSR count). The van der Waals surface area contributed by atoms with Crippen molar-refractivity contribution in [3.8, 4) is 5.75 Å². The molecule has 150 heavy (non-hydrogen) atoms. The van der Waals surface area contributed by atoms with E-state index in [-0.39, 0.29) is 178 Å². The zero-order valence-electron chi connectivity index (χ0n) is 79.3. The fourth-order valence-corrected chi connectivity index (χ4v) is 27.6. The van der Waals surface area contributed by atoms with E-state index in [0.29, 0.717) is 80.3 Å². The molecule has 5 fully saturated rings. The van der Waals surface area contributed by atoms with Crippen LogP contribution in [0.15, 0.2) is 249 Å². The number of piperidine rings is 5. The molecular weight excluding hydrogens is 2130 g/mol. The van der Waals surface area contributed by atoms with Crippen LogP contribution >= 0.6 is 23.2 Å². The highest BCUT2D eigenvalue weighted by molar-refractivity contribution is 7.90. The summed E-state index contributed by atoms with van der Waals surface area (Å²) < 4.78 is 293. The van der Waals surface area contributed by atoms with Crippen molar-refractivity contribution in [1.82, 2.24) is 21.5 Å². The molecule has 0 bridgehead atoms. The molecule has 5 saturated heterocycles. The van der Waals surface area contributed by atoms with Gasteiger partial charge in [-0.25, -0.2) is 70.5 Å². The molecule has 10 aromatic rings. The number of alkyl halides is 9. The zero-order valence-corrected chi connectivity index (χ0v) is 84.9. The van der Waals surface area contributed by atoms with Gasteiger partial charge >= 0.3 is 49.2 Å². The smallest absolute Gasteiger partial charge is 0.444 e. The molecular formula is C99H95Cl2F10N11O23S5. The third-order valence-corrected chi connectivity index (χ3v) is 37.0. The van der Waals surface area contributed by atoms with Crippen molar-refractivity contribution in [2.24, 2.45) is 0 Å². The number of hydrogen-bond acceptors (Lipinski definition) is 23. The molecule has 10 aromatic carbocycles. The summed E-state index contributed by atoms with van der Waals surface area (Å²) in [5.41, 5.74) is 5.90.